The Hall–Kier alpha value is -1.50. The highest BCUT2D eigenvalue weighted by molar-refractivity contribution is 6.76. The second-order valence-corrected chi connectivity index (χ2v) is 6.35. The van der Waals surface area contributed by atoms with Gasteiger partial charge in [0, 0.05) is 6.42 Å². The highest BCUT2D eigenvalue weighted by Gasteiger charge is 2.32. The van der Waals surface area contributed by atoms with Crippen molar-refractivity contribution in [3.05, 3.63) is 35.9 Å². The van der Waals surface area contributed by atoms with Gasteiger partial charge in [0.15, 0.2) is 0 Å². The number of alkyl halides is 3. The average molecular weight is 353 g/mol. The van der Waals surface area contributed by atoms with E-state index in [1.54, 1.807) is 29.6 Å². The summed E-state index contributed by atoms with van der Waals surface area (Å²) in [5.74, 6) is -1.89. The summed E-state index contributed by atoms with van der Waals surface area (Å²) in [6.07, 6.45) is 0.172. The van der Waals surface area contributed by atoms with Crippen molar-refractivity contribution in [1.82, 2.24) is 10.6 Å². The Kier molecular flexibility index (Phi) is 6.26. The van der Waals surface area contributed by atoms with Gasteiger partial charge in [0.1, 0.15) is 6.04 Å². The third-order valence-corrected chi connectivity index (χ3v) is 2.93. The van der Waals surface area contributed by atoms with Crippen LogP contribution in [0.3, 0.4) is 0 Å². The molecule has 0 saturated heterocycles. The standard InChI is InChI=1S/C12H12Cl3N3O3/c13-12(14,15)10(20)18-11(21)17-8(9(16)19)6-7-4-2-1-3-5-7/h1-5,8H,6H2,(H2,16,19)(H2,17,18,20,21)/t8-/m1/s1. The summed E-state index contributed by atoms with van der Waals surface area (Å²) in [6.45, 7) is 0. The number of benzene rings is 1. The molecule has 1 atom stereocenters. The first-order valence-electron chi connectivity index (χ1n) is 5.72. The predicted molar refractivity (Wildman–Crippen MR) is 80.1 cm³/mol. The van der Waals surface area contributed by atoms with Gasteiger partial charge in [-0.2, -0.15) is 0 Å². The lowest BCUT2D eigenvalue weighted by atomic mass is 10.1. The smallest absolute Gasteiger partial charge is 0.322 e. The van der Waals surface area contributed by atoms with Crippen molar-refractivity contribution >= 4 is 52.6 Å². The third-order valence-electron chi connectivity index (χ3n) is 2.42. The molecule has 9 heteroatoms. The summed E-state index contributed by atoms with van der Waals surface area (Å²) in [4.78, 5) is 34.2. The molecule has 1 aromatic carbocycles. The SMILES string of the molecule is NC(=O)[C@@H](Cc1ccccc1)NC(=O)NC(=O)C(Cl)(Cl)Cl. The Balaban J connectivity index is 2.65. The maximum absolute atomic E-state index is 11.6. The van der Waals surface area contributed by atoms with Crippen LogP contribution in [0.2, 0.25) is 0 Å². The Morgan fingerprint density at radius 2 is 1.71 bits per heavy atom. The zero-order valence-electron chi connectivity index (χ0n) is 10.6. The zero-order chi connectivity index (χ0) is 16.0. The van der Waals surface area contributed by atoms with Crippen molar-refractivity contribution in [2.75, 3.05) is 0 Å². The van der Waals surface area contributed by atoms with Gasteiger partial charge in [-0.25, -0.2) is 4.79 Å². The molecule has 0 aliphatic rings. The van der Waals surface area contributed by atoms with Gasteiger partial charge in [-0.3, -0.25) is 14.9 Å². The molecule has 21 heavy (non-hydrogen) atoms. The lowest BCUT2D eigenvalue weighted by molar-refractivity contribution is -0.121. The topological polar surface area (TPSA) is 101 Å². The molecule has 0 aromatic heterocycles. The van der Waals surface area contributed by atoms with Crippen molar-refractivity contribution in [3.63, 3.8) is 0 Å². The molecule has 1 aromatic rings. The number of primary amides is 1. The average Bonchev–Trinajstić information content (AvgIpc) is 2.37. The Morgan fingerprint density at radius 3 is 2.19 bits per heavy atom. The highest BCUT2D eigenvalue weighted by atomic mass is 35.6. The van der Waals surface area contributed by atoms with E-state index in [0.29, 0.717) is 0 Å². The fourth-order valence-electron chi connectivity index (χ4n) is 1.44. The molecule has 0 aliphatic heterocycles. The van der Waals surface area contributed by atoms with E-state index in [9.17, 15) is 14.4 Å². The number of hydrogen-bond donors (Lipinski definition) is 3. The van der Waals surface area contributed by atoms with Gasteiger partial charge in [0.2, 0.25) is 5.91 Å². The molecule has 0 saturated carbocycles. The number of amides is 4. The van der Waals surface area contributed by atoms with Crippen LogP contribution in [-0.4, -0.2) is 27.7 Å². The fourth-order valence-corrected chi connectivity index (χ4v) is 1.58. The van der Waals surface area contributed by atoms with Crippen LogP contribution < -0.4 is 16.4 Å². The zero-order valence-corrected chi connectivity index (χ0v) is 12.9. The van der Waals surface area contributed by atoms with Crippen LogP contribution in [0.1, 0.15) is 5.56 Å². The van der Waals surface area contributed by atoms with E-state index in [4.69, 9.17) is 40.5 Å². The number of nitrogens with two attached hydrogens (primary N) is 1. The van der Waals surface area contributed by atoms with Gasteiger partial charge in [0.05, 0.1) is 0 Å². The first-order chi connectivity index (χ1) is 9.70. The lowest BCUT2D eigenvalue weighted by Crippen LogP contribution is -2.52. The highest BCUT2D eigenvalue weighted by Crippen LogP contribution is 2.25. The van der Waals surface area contributed by atoms with E-state index in [1.165, 1.54) is 0 Å². The van der Waals surface area contributed by atoms with E-state index in [2.05, 4.69) is 5.32 Å². The van der Waals surface area contributed by atoms with Crippen molar-refractivity contribution < 1.29 is 14.4 Å². The van der Waals surface area contributed by atoms with Crippen LogP contribution >= 0.6 is 34.8 Å². The molecule has 0 fully saturated rings. The number of carbonyl (C=O) groups is 3. The van der Waals surface area contributed by atoms with Crippen LogP contribution in [-0.2, 0) is 16.0 Å². The summed E-state index contributed by atoms with van der Waals surface area (Å²) in [7, 11) is 0. The summed E-state index contributed by atoms with van der Waals surface area (Å²) in [6, 6.07) is 6.91. The Morgan fingerprint density at radius 1 is 1.14 bits per heavy atom. The number of imide groups is 1. The summed E-state index contributed by atoms with van der Waals surface area (Å²) >= 11 is 15.9. The van der Waals surface area contributed by atoms with Gasteiger partial charge >= 0.3 is 6.03 Å². The molecular weight excluding hydrogens is 341 g/mol. The first-order valence-corrected chi connectivity index (χ1v) is 6.85. The second-order valence-electron chi connectivity index (χ2n) is 4.07. The maximum Gasteiger partial charge on any atom is 0.322 e. The third kappa shape index (κ3) is 6.20. The van der Waals surface area contributed by atoms with Gasteiger partial charge < -0.3 is 11.1 Å². The molecular formula is C12H12Cl3N3O3. The van der Waals surface area contributed by atoms with Gasteiger partial charge in [0.25, 0.3) is 9.70 Å². The first kappa shape index (κ1) is 17.6. The molecule has 0 aliphatic carbocycles. The molecule has 0 heterocycles. The van der Waals surface area contributed by atoms with Crippen molar-refractivity contribution in [2.45, 2.75) is 16.3 Å². The molecule has 0 radical (unpaired) electrons. The number of rotatable bonds is 4. The minimum absolute atomic E-state index is 0.172. The number of nitrogens with one attached hydrogen (secondary N) is 2. The molecule has 6 nitrogen and oxygen atoms in total. The second kappa shape index (κ2) is 7.49. The monoisotopic (exact) mass is 351 g/mol. The fraction of sp³-hybridized carbons (Fsp3) is 0.250. The lowest BCUT2D eigenvalue weighted by Gasteiger charge is -2.17. The van der Waals surface area contributed by atoms with Crippen LogP contribution in [0.4, 0.5) is 4.79 Å². The molecule has 1 rings (SSSR count). The van der Waals surface area contributed by atoms with E-state index < -0.39 is 27.7 Å². The van der Waals surface area contributed by atoms with Crippen LogP contribution in [0.15, 0.2) is 30.3 Å². The normalized spacial score (nSPS) is 12.3. The largest absolute Gasteiger partial charge is 0.368 e. The Labute approximate surface area is 135 Å². The van der Waals surface area contributed by atoms with E-state index >= 15 is 0 Å². The number of halogens is 3. The van der Waals surface area contributed by atoms with Crippen LogP contribution in [0.5, 0.6) is 0 Å². The van der Waals surface area contributed by atoms with Gasteiger partial charge in [-0.1, -0.05) is 65.1 Å². The van der Waals surface area contributed by atoms with Crippen molar-refractivity contribution in [2.24, 2.45) is 5.73 Å². The number of urea groups is 1. The number of carbonyl (C=O) groups excluding carboxylic acids is 3. The van der Waals surface area contributed by atoms with Crippen LogP contribution in [0, 0.1) is 0 Å². The van der Waals surface area contributed by atoms with E-state index in [-0.39, 0.29) is 6.42 Å². The van der Waals surface area contributed by atoms with Crippen molar-refractivity contribution in [1.29, 1.82) is 0 Å². The maximum atomic E-state index is 11.6. The van der Waals surface area contributed by atoms with Crippen LogP contribution in [0.25, 0.3) is 0 Å². The number of hydrogen-bond acceptors (Lipinski definition) is 3. The van der Waals surface area contributed by atoms with Crippen molar-refractivity contribution in [3.8, 4) is 0 Å². The molecule has 4 N–H and O–H groups in total. The summed E-state index contributed by atoms with van der Waals surface area (Å²) in [5.41, 5.74) is 5.99. The van der Waals surface area contributed by atoms with E-state index in [1.807, 2.05) is 6.07 Å². The minimum atomic E-state index is -2.28. The van der Waals surface area contributed by atoms with Gasteiger partial charge in [-0.15, -0.1) is 0 Å². The van der Waals surface area contributed by atoms with E-state index in [0.717, 1.165) is 5.56 Å². The summed E-state index contributed by atoms with van der Waals surface area (Å²) < 4.78 is -2.28. The van der Waals surface area contributed by atoms with Gasteiger partial charge in [-0.05, 0) is 5.56 Å². The predicted octanol–water partition coefficient (Wildman–Crippen LogP) is 1.28. The molecule has 0 unspecified atom stereocenters. The molecule has 0 spiro atoms. The molecule has 0 bridgehead atoms. The molecule has 114 valence electrons. The Bertz CT molecular complexity index is 532. The minimum Gasteiger partial charge on any atom is -0.368 e. The quantitative estimate of drug-likeness (QED) is 0.711. The summed E-state index contributed by atoms with van der Waals surface area (Å²) in [5, 5.41) is 4.05. The molecule has 4 amide bonds.